The van der Waals surface area contributed by atoms with Crippen LogP contribution < -0.4 is 5.32 Å². The van der Waals surface area contributed by atoms with E-state index in [-0.39, 0.29) is 17.6 Å². The average Bonchev–Trinajstić information content (AvgIpc) is 2.56. The fourth-order valence-corrected chi connectivity index (χ4v) is 2.88. The topological polar surface area (TPSA) is 56.1 Å². The third kappa shape index (κ3) is 5.33. The fraction of sp³-hybridized carbons (Fsp3) is 0.556. The van der Waals surface area contributed by atoms with Gasteiger partial charge in [-0.15, -0.1) is 0 Å². The van der Waals surface area contributed by atoms with E-state index in [1.807, 2.05) is 6.07 Å². The highest BCUT2D eigenvalue weighted by atomic mass is 19.1. The van der Waals surface area contributed by atoms with Crippen LogP contribution in [0.4, 0.5) is 4.39 Å². The van der Waals surface area contributed by atoms with Gasteiger partial charge in [-0.3, -0.25) is 4.79 Å². The van der Waals surface area contributed by atoms with Gasteiger partial charge in [-0.2, -0.15) is 5.26 Å². The van der Waals surface area contributed by atoms with Crippen molar-refractivity contribution in [1.82, 2.24) is 10.2 Å². The van der Waals surface area contributed by atoms with Crippen LogP contribution in [0.1, 0.15) is 36.8 Å². The maximum atomic E-state index is 13.5. The molecule has 0 atom stereocenters. The van der Waals surface area contributed by atoms with Crippen molar-refractivity contribution in [3.05, 3.63) is 35.1 Å². The smallest absolute Gasteiger partial charge is 0.223 e. The van der Waals surface area contributed by atoms with Crippen LogP contribution in [0.5, 0.6) is 0 Å². The number of carbonyl (C=O) groups excluding carboxylic acids is 1. The highest BCUT2D eigenvalue weighted by molar-refractivity contribution is 5.78. The van der Waals surface area contributed by atoms with Gasteiger partial charge in [-0.05, 0) is 63.0 Å². The highest BCUT2D eigenvalue weighted by Crippen LogP contribution is 2.18. The molecule has 0 spiro atoms. The summed E-state index contributed by atoms with van der Waals surface area (Å²) in [5, 5.41) is 11.5. The molecule has 1 fully saturated rings. The Morgan fingerprint density at radius 1 is 1.43 bits per heavy atom. The Balaban J connectivity index is 1.72. The lowest BCUT2D eigenvalue weighted by atomic mass is 9.95. The molecule has 0 aromatic heterocycles. The summed E-state index contributed by atoms with van der Waals surface area (Å²) in [6, 6.07) is 7.21. The van der Waals surface area contributed by atoms with E-state index in [0.29, 0.717) is 18.5 Å². The Morgan fingerprint density at radius 3 is 2.83 bits per heavy atom. The van der Waals surface area contributed by atoms with E-state index >= 15 is 0 Å². The zero-order valence-electron chi connectivity index (χ0n) is 13.6. The number of nitrogens with zero attached hydrogens (tertiary/aromatic N) is 2. The predicted octanol–water partition coefficient (Wildman–Crippen LogP) is 2.77. The molecule has 1 aromatic carbocycles. The summed E-state index contributed by atoms with van der Waals surface area (Å²) in [6.07, 6.45) is 3.18. The molecule has 1 aliphatic rings. The van der Waals surface area contributed by atoms with Crippen molar-refractivity contribution in [3.63, 3.8) is 0 Å². The third-order valence-electron chi connectivity index (χ3n) is 4.42. The van der Waals surface area contributed by atoms with Crippen molar-refractivity contribution in [2.24, 2.45) is 5.92 Å². The molecule has 1 amide bonds. The van der Waals surface area contributed by atoms with Crippen LogP contribution >= 0.6 is 0 Å². The average molecular weight is 317 g/mol. The van der Waals surface area contributed by atoms with Gasteiger partial charge >= 0.3 is 0 Å². The zero-order valence-corrected chi connectivity index (χ0v) is 13.6. The van der Waals surface area contributed by atoms with Gasteiger partial charge < -0.3 is 10.2 Å². The molecule has 2 rings (SSSR count). The Morgan fingerprint density at radius 2 is 2.17 bits per heavy atom. The van der Waals surface area contributed by atoms with Gasteiger partial charge in [-0.1, -0.05) is 12.1 Å². The number of piperidine rings is 1. The van der Waals surface area contributed by atoms with Gasteiger partial charge in [0.25, 0.3) is 0 Å². The summed E-state index contributed by atoms with van der Waals surface area (Å²) in [7, 11) is 0. The second-order valence-electron chi connectivity index (χ2n) is 6.18. The number of unbranched alkanes of at least 4 members (excludes halogenated alkanes) is 1. The van der Waals surface area contributed by atoms with Gasteiger partial charge in [0.05, 0.1) is 6.07 Å². The normalized spacial score (nSPS) is 16.0. The summed E-state index contributed by atoms with van der Waals surface area (Å²) in [6.45, 7) is 4.84. The number of nitrogens with one attached hydrogen (secondary N) is 1. The standard InChI is InChI=1S/C18H24FN3O/c1-14-4-5-15(12-17(14)19)13-21-18(23)16-6-10-22(11-7-16)9-3-2-8-20/h4-5,12,16H,2-3,6-7,9-11,13H2,1H3,(H,21,23). The van der Waals surface area contributed by atoms with E-state index in [0.717, 1.165) is 44.5 Å². The number of rotatable bonds is 6. The van der Waals surface area contributed by atoms with Crippen LogP contribution in [0.15, 0.2) is 18.2 Å². The maximum absolute atomic E-state index is 13.5. The van der Waals surface area contributed by atoms with Crippen LogP contribution in [0.25, 0.3) is 0 Å². The molecule has 0 radical (unpaired) electrons. The monoisotopic (exact) mass is 317 g/mol. The van der Waals surface area contributed by atoms with Crippen molar-refractivity contribution in [3.8, 4) is 6.07 Å². The molecule has 0 aliphatic carbocycles. The lowest BCUT2D eigenvalue weighted by molar-refractivity contribution is -0.126. The number of amides is 1. The lowest BCUT2D eigenvalue weighted by Gasteiger charge is -2.31. The largest absolute Gasteiger partial charge is 0.352 e. The second-order valence-corrected chi connectivity index (χ2v) is 6.18. The molecule has 23 heavy (non-hydrogen) atoms. The summed E-state index contributed by atoms with van der Waals surface area (Å²) in [5.41, 5.74) is 1.40. The number of benzene rings is 1. The molecule has 1 N–H and O–H groups in total. The minimum absolute atomic E-state index is 0.0394. The minimum Gasteiger partial charge on any atom is -0.352 e. The van der Waals surface area contributed by atoms with Crippen molar-refractivity contribution < 1.29 is 9.18 Å². The van der Waals surface area contributed by atoms with Gasteiger partial charge in [0.1, 0.15) is 5.82 Å². The van der Waals surface area contributed by atoms with Gasteiger partial charge in [0.2, 0.25) is 5.91 Å². The van der Waals surface area contributed by atoms with Crippen LogP contribution in [0, 0.1) is 30.0 Å². The molecule has 1 aliphatic heterocycles. The Labute approximate surface area is 137 Å². The first-order valence-corrected chi connectivity index (χ1v) is 8.22. The van der Waals surface area contributed by atoms with Crippen LogP contribution in [-0.2, 0) is 11.3 Å². The number of likely N-dealkylation sites (tertiary alicyclic amines) is 1. The molecule has 1 saturated heterocycles. The van der Waals surface area contributed by atoms with Crippen molar-refractivity contribution in [2.45, 2.75) is 39.2 Å². The van der Waals surface area contributed by atoms with E-state index in [4.69, 9.17) is 5.26 Å². The summed E-state index contributed by atoms with van der Waals surface area (Å²) < 4.78 is 13.5. The number of nitriles is 1. The summed E-state index contributed by atoms with van der Waals surface area (Å²) in [4.78, 5) is 14.5. The van der Waals surface area contributed by atoms with Gasteiger partial charge in [-0.25, -0.2) is 4.39 Å². The van der Waals surface area contributed by atoms with Crippen LogP contribution in [0.3, 0.4) is 0 Å². The van der Waals surface area contributed by atoms with E-state index in [1.54, 1.807) is 13.0 Å². The summed E-state index contributed by atoms with van der Waals surface area (Å²) >= 11 is 0. The zero-order chi connectivity index (χ0) is 16.7. The van der Waals surface area contributed by atoms with E-state index in [9.17, 15) is 9.18 Å². The molecule has 0 saturated carbocycles. The predicted molar refractivity (Wildman–Crippen MR) is 87.0 cm³/mol. The summed E-state index contributed by atoms with van der Waals surface area (Å²) in [5.74, 6) is -0.136. The molecule has 124 valence electrons. The maximum Gasteiger partial charge on any atom is 0.223 e. The first-order valence-electron chi connectivity index (χ1n) is 8.22. The third-order valence-corrected chi connectivity index (χ3v) is 4.42. The first-order chi connectivity index (χ1) is 11.1. The van der Waals surface area contributed by atoms with Crippen molar-refractivity contribution in [1.29, 1.82) is 5.26 Å². The van der Waals surface area contributed by atoms with E-state index in [2.05, 4.69) is 16.3 Å². The second kappa shape index (κ2) is 8.64. The Bertz CT molecular complexity index is 574. The van der Waals surface area contributed by atoms with Gasteiger partial charge in [0.15, 0.2) is 0 Å². The van der Waals surface area contributed by atoms with E-state index < -0.39 is 0 Å². The van der Waals surface area contributed by atoms with Crippen LogP contribution in [-0.4, -0.2) is 30.4 Å². The lowest BCUT2D eigenvalue weighted by Crippen LogP contribution is -2.40. The Hall–Kier alpha value is -1.93. The quantitative estimate of drug-likeness (QED) is 0.821. The van der Waals surface area contributed by atoms with Crippen LogP contribution in [0.2, 0.25) is 0 Å². The molecule has 1 aromatic rings. The molecule has 4 nitrogen and oxygen atoms in total. The van der Waals surface area contributed by atoms with E-state index in [1.165, 1.54) is 6.07 Å². The fourth-order valence-electron chi connectivity index (χ4n) is 2.88. The van der Waals surface area contributed by atoms with Gasteiger partial charge in [0, 0.05) is 18.9 Å². The number of hydrogen-bond acceptors (Lipinski definition) is 3. The molecular formula is C18H24FN3O. The SMILES string of the molecule is Cc1ccc(CNC(=O)C2CCN(CCCC#N)CC2)cc1F. The molecule has 0 bridgehead atoms. The highest BCUT2D eigenvalue weighted by Gasteiger charge is 2.24. The van der Waals surface area contributed by atoms with Crippen molar-refractivity contribution >= 4 is 5.91 Å². The number of hydrogen-bond donors (Lipinski definition) is 1. The molecule has 1 heterocycles. The number of halogens is 1. The first kappa shape index (κ1) is 17.4. The number of carbonyl (C=O) groups is 1. The minimum atomic E-state index is -0.234. The Kier molecular flexibility index (Phi) is 6.54. The molecular weight excluding hydrogens is 293 g/mol. The van der Waals surface area contributed by atoms with Crippen molar-refractivity contribution in [2.75, 3.05) is 19.6 Å². The molecule has 5 heteroatoms. The number of aryl methyl sites for hydroxylation is 1. The molecule has 0 unspecified atom stereocenters.